The first-order valence-electron chi connectivity index (χ1n) is 6.01. The Morgan fingerprint density at radius 1 is 1.10 bits per heavy atom. The van der Waals surface area contributed by atoms with Gasteiger partial charge in [-0.05, 0) is 54.4 Å². The van der Waals surface area contributed by atoms with Crippen LogP contribution >= 0.6 is 11.9 Å². The number of aliphatic carboxylic acids is 1. The minimum absolute atomic E-state index is 0.0234. The van der Waals surface area contributed by atoms with Gasteiger partial charge in [-0.1, -0.05) is 24.3 Å². The van der Waals surface area contributed by atoms with Crippen LogP contribution in [0.2, 0.25) is 0 Å². The number of carboxylic acids is 1. The Morgan fingerprint density at radius 2 is 1.60 bits per heavy atom. The van der Waals surface area contributed by atoms with Gasteiger partial charge in [-0.15, -0.1) is 0 Å². The zero-order chi connectivity index (χ0) is 14.5. The lowest BCUT2D eigenvalue weighted by Crippen LogP contribution is -2.18. The summed E-state index contributed by atoms with van der Waals surface area (Å²) in [5, 5.41) is 8.69. The summed E-state index contributed by atoms with van der Waals surface area (Å²) >= 11 is 1.37. The van der Waals surface area contributed by atoms with Crippen LogP contribution < -0.4 is 0 Å². The van der Waals surface area contributed by atoms with Crippen LogP contribution in [0.4, 0.5) is 4.39 Å². The number of rotatable bonds is 5. The number of hydrogen-bond acceptors (Lipinski definition) is 3. The van der Waals surface area contributed by atoms with Gasteiger partial charge < -0.3 is 5.11 Å². The molecule has 0 saturated carbocycles. The quantitative estimate of drug-likeness (QED) is 0.856. The number of benzene rings is 2. The highest BCUT2D eigenvalue weighted by Gasteiger charge is 2.06. The topological polar surface area (TPSA) is 40.5 Å². The van der Waals surface area contributed by atoms with Gasteiger partial charge in [0.05, 0.1) is 0 Å². The summed E-state index contributed by atoms with van der Waals surface area (Å²) in [7, 11) is 1.73. The van der Waals surface area contributed by atoms with Crippen LogP contribution in [0, 0.1) is 5.82 Å². The number of carboxylic acid groups (broad SMARTS) is 1. The molecule has 5 heteroatoms. The molecule has 2 aromatic carbocycles. The molecule has 0 unspecified atom stereocenters. The minimum Gasteiger partial charge on any atom is -0.480 e. The Morgan fingerprint density at radius 3 is 2.10 bits per heavy atom. The molecule has 2 rings (SSSR count). The number of carbonyl (C=O) groups is 1. The first kappa shape index (κ1) is 14.6. The van der Waals surface area contributed by atoms with Crippen molar-refractivity contribution in [3.05, 3.63) is 54.3 Å². The first-order chi connectivity index (χ1) is 9.54. The van der Waals surface area contributed by atoms with Crippen molar-refractivity contribution in [1.82, 2.24) is 4.31 Å². The third-order valence-corrected chi connectivity index (χ3v) is 3.57. The molecular weight excluding hydrogens is 277 g/mol. The van der Waals surface area contributed by atoms with E-state index in [9.17, 15) is 9.18 Å². The third-order valence-electron chi connectivity index (χ3n) is 2.65. The maximum absolute atomic E-state index is 12.9. The van der Waals surface area contributed by atoms with Crippen molar-refractivity contribution in [1.29, 1.82) is 0 Å². The molecule has 0 aliphatic rings. The minimum atomic E-state index is -0.858. The maximum Gasteiger partial charge on any atom is 0.318 e. The highest BCUT2D eigenvalue weighted by molar-refractivity contribution is 7.97. The summed E-state index contributed by atoms with van der Waals surface area (Å²) in [4.78, 5) is 11.5. The van der Waals surface area contributed by atoms with Gasteiger partial charge in [0.2, 0.25) is 0 Å². The zero-order valence-corrected chi connectivity index (χ0v) is 11.7. The molecule has 104 valence electrons. The van der Waals surface area contributed by atoms with Crippen molar-refractivity contribution in [3.63, 3.8) is 0 Å². The van der Waals surface area contributed by atoms with Gasteiger partial charge in [0, 0.05) is 4.90 Å². The Bertz CT molecular complexity index is 584. The van der Waals surface area contributed by atoms with Gasteiger partial charge in [0.25, 0.3) is 0 Å². The SMILES string of the molecule is CN(CC(=O)O)Sc1ccc(-c2ccc(F)cc2)cc1. The summed E-state index contributed by atoms with van der Waals surface area (Å²) in [6.45, 7) is -0.0234. The van der Waals surface area contributed by atoms with E-state index in [4.69, 9.17) is 5.11 Å². The van der Waals surface area contributed by atoms with E-state index >= 15 is 0 Å². The fourth-order valence-electron chi connectivity index (χ4n) is 1.75. The van der Waals surface area contributed by atoms with Gasteiger partial charge in [0.15, 0.2) is 0 Å². The summed E-state index contributed by atoms with van der Waals surface area (Å²) in [5.74, 6) is -1.11. The standard InChI is InChI=1S/C15H14FNO2S/c1-17(10-15(18)19)20-14-8-4-12(5-9-14)11-2-6-13(16)7-3-11/h2-9H,10H2,1H3,(H,18,19). The van der Waals surface area contributed by atoms with Gasteiger partial charge in [-0.2, -0.15) is 0 Å². The molecule has 3 nitrogen and oxygen atoms in total. The van der Waals surface area contributed by atoms with Crippen LogP contribution in [-0.2, 0) is 4.79 Å². The second kappa shape index (κ2) is 6.54. The van der Waals surface area contributed by atoms with Gasteiger partial charge in [0.1, 0.15) is 12.4 Å². The van der Waals surface area contributed by atoms with Crippen molar-refractivity contribution in [3.8, 4) is 11.1 Å². The van der Waals surface area contributed by atoms with Gasteiger partial charge >= 0.3 is 5.97 Å². The highest BCUT2D eigenvalue weighted by Crippen LogP contribution is 2.25. The lowest BCUT2D eigenvalue weighted by Gasteiger charge is -2.12. The second-order valence-electron chi connectivity index (χ2n) is 4.30. The Labute approximate surface area is 121 Å². The van der Waals surface area contributed by atoms with Crippen LogP contribution in [0.25, 0.3) is 11.1 Å². The van der Waals surface area contributed by atoms with E-state index in [1.807, 2.05) is 24.3 Å². The van der Waals surface area contributed by atoms with Crippen molar-refractivity contribution < 1.29 is 14.3 Å². The lowest BCUT2D eigenvalue weighted by molar-refractivity contribution is -0.136. The predicted octanol–water partition coefficient (Wildman–Crippen LogP) is 3.52. The van der Waals surface area contributed by atoms with E-state index in [0.717, 1.165) is 16.0 Å². The molecular formula is C15H14FNO2S. The van der Waals surface area contributed by atoms with Crippen LogP contribution in [0.3, 0.4) is 0 Å². The summed E-state index contributed by atoms with van der Waals surface area (Å²) in [5.41, 5.74) is 1.94. The predicted molar refractivity (Wildman–Crippen MR) is 78.0 cm³/mol. The second-order valence-corrected chi connectivity index (χ2v) is 5.58. The molecule has 2 aromatic rings. The molecule has 0 aliphatic heterocycles. The van der Waals surface area contributed by atoms with E-state index in [2.05, 4.69) is 0 Å². The number of hydrogen-bond donors (Lipinski definition) is 1. The highest BCUT2D eigenvalue weighted by atomic mass is 32.2. The molecule has 0 amide bonds. The van der Waals surface area contributed by atoms with E-state index in [0.29, 0.717) is 0 Å². The van der Waals surface area contributed by atoms with E-state index < -0.39 is 5.97 Å². The summed E-state index contributed by atoms with van der Waals surface area (Å²) < 4.78 is 14.5. The molecule has 0 fully saturated rings. The molecule has 0 radical (unpaired) electrons. The normalized spacial score (nSPS) is 10.8. The molecule has 0 aromatic heterocycles. The largest absolute Gasteiger partial charge is 0.480 e. The Kier molecular flexibility index (Phi) is 4.76. The van der Waals surface area contributed by atoms with Crippen LogP contribution in [0.1, 0.15) is 0 Å². The first-order valence-corrected chi connectivity index (χ1v) is 6.79. The fourth-order valence-corrected chi connectivity index (χ4v) is 2.55. The molecule has 0 atom stereocenters. The molecule has 0 spiro atoms. The van der Waals surface area contributed by atoms with E-state index in [-0.39, 0.29) is 12.4 Å². The molecule has 0 heterocycles. The van der Waals surface area contributed by atoms with Crippen LogP contribution in [-0.4, -0.2) is 29.0 Å². The van der Waals surface area contributed by atoms with Gasteiger partial charge in [-0.3, -0.25) is 4.79 Å². The van der Waals surface area contributed by atoms with Crippen molar-refractivity contribution >= 4 is 17.9 Å². The monoisotopic (exact) mass is 291 g/mol. The average molecular weight is 291 g/mol. The maximum atomic E-state index is 12.9. The molecule has 20 heavy (non-hydrogen) atoms. The zero-order valence-electron chi connectivity index (χ0n) is 10.9. The van der Waals surface area contributed by atoms with Crippen molar-refractivity contribution in [2.24, 2.45) is 0 Å². The van der Waals surface area contributed by atoms with E-state index in [1.54, 1.807) is 23.5 Å². The van der Waals surface area contributed by atoms with Crippen LogP contribution in [0.15, 0.2) is 53.4 Å². The molecule has 1 N–H and O–H groups in total. The fraction of sp³-hybridized carbons (Fsp3) is 0.133. The number of likely N-dealkylation sites (N-methyl/N-ethyl adjacent to an activating group) is 1. The summed E-state index contributed by atoms with van der Waals surface area (Å²) in [6, 6.07) is 14.0. The van der Waals surface area contributed by atoms with Crippen molar-refractivity contribution in [2.45, 2.75) is 4.90 Å². The number of nitrogens with zero attached hydrogens (tertiary/aromatic N) is 1. The van der Waals surface area contributed by atoms with Gasteiger partial charge in [-0.25, -0.2) is 8.70 Å². The van der Waals surface area contributed by atoms with Crippen LogP contribution in [0.5, 0.6) is 0 Å². The Balaban J connectivity index is 2.06. The summed E-state index contributed by atoms with van der Waals surface area (Å²) in [6.07, 6.45) is 0. The lowest BCUT2D eigenvalue weighted by atomic mass is 10.1. The van der Waals surface area contributed by atoms with E-state index in [1.165, 1.54) is 24.1 Å². The molecule has 0 saturated heterocycles. The third kappa shape index (κ3) is 4.08. The molecule has 0 bridgehead atoms. The number of halogens is 1. The Hall–Kier alpha value is -1.85. The molecule has 0 aliphatic carbocycles. The average Bonchev–Trinajstić information content (AvgIpc) is 2.39. The smallest absolute Gasteiger partial charge is 0.318 e. The van der Waals surface area contributed by atoms with Crippen molar-refractivity contribution in [2.75, 3.05) is 13.6 Å².